The van der Waals surface area contributed by atoms with Gasteiger partial charge in [0.05, 0.1) is 10.7 Å². The van der Waals surface area contributed by atoms with Crippen LogP contribution in [0.15, 0.2) is 46.7 Å². The van der Waals surface area contributed by atoms with Gasteiger partial charge in [0.25, 0.3) is 0 Å². The van der Waals surface area contributed by atoms with Crippen molar-refractivity contribution in [2.45, 2.75) is 65.4 Å². The van der Waals surface area contributed by atoms with Gasteiger partial charge in [-0.1, -0.05) is 43.2 Å². The van der Waals surface area contributed by atoms with E-state index in [1.165, 1.54) is 23.8 Å². The van der Waals surface area contributed by atoms with Crippen molar-refractivity contribution in [2.24, 2.45) is 11.8 Å². The maximum atomic E-state index is 12.3. The van der Waals surface area contributed by atoms with E-state index in [1.54, 1.807) is 6.08 Å². The van der Waals surface area contributed by atoms with Gasteiger partial charge < -0.3 is 15.5 Å². The molecule has 30 heavy (non-hydrogen) atoms. The maximum absolute atomic E-state index is 12.3. The number of Topliss-reactive ketones (excluding diaryl/α,β-unsaturated/α-hetero) is 1. The van der Waals surface area contributed by atoms with Crippen molar-refractivity contribution in [1.29, 1.82) is 0 Å². The van der Waals surface area contributed by atoms with Gasteiger partial charge in [-0.3, -0.25) is 14.4 Å². The first-order valence-corrected chi connectivity index (χ1v) is 10.5. The highest BCUT2D eigenvalue weighted by molar-refractivity contribution is 6.45. The number of aliphatic carboxylic acids is 1. The molecular formula is C23H32ClNO5. The number of amides is 1. The van der Waals surface area contributed by atoms with Gasteiger partial charge in [0.2, 0.25) is 11.7 Å². The van der Waals surface area contributed by atoms with Crippen molar-refractivity contribution in [1.82, 2.24) is 5.32 Å². The Labute approximate surface area is 183 Å². The number of hydrogen-bond donors (Lipinski definition) is 3. The molecule has 0 saturated carbocycles. The molecule has 0 radical (unpaired) electrons. The Morgan fingerprint density at radius 3 is 2.47 bits per heavy atom. The number of aliphatic hydroxyl groups is 1. The van der Waals surface area contributed by atoms with Gasteiger partial charge >= 0.3 is 5.97 Å². The Balaban J connectivity index is 2.73. The topological polar surface area (TPSA) is 104 Å². The lowest BCUT2D eigenvalue weighted by Gasteiger charge is -2.26. The second-order valence-electron chi connectivity index (χ2n) is 8.25. The van der Waals surface area contributed by atoms with E-state index in [-0.39, 0.29) is 29.5 Å². The van der Waals surface area contributed by atoms with Gasteiger partial charge in [-0.15, -0.1) is 0 Å². The normalized spacial score (nSPS) is 20.9. The monoisotopic (exact) mass is 437 g/mol. The van der Waals surface area contributed by atoms with Crippen LogP contribution in [0.5, 0.6) is 0 Å². The third-order valence-electron chi connectivity index (χ3n) is 4.65. The summed E-state index contributed by atoms with van der Waals surface area (Å²) in [6.07, 6.45) is 9.75. The molecule has 0 fully saturated rings. The predicted octanol–water partition coefficient (Wildman–Crippen LogP) is 4.25. The Bertz CT molecular complexity index is 776. The van der Waals surface area contributed by atoms with Crippen LogP contribution >= 0.6 is 11.6 Å². The fourth-order valence-corrected chi connectivity index (χ4v) is 3.71. The van der Waals surface area contributed by atoms with E-state index in [0.29, 0.717) is 18.8 Å². The lowest BCUT2D eigenvalue weighted by molar-refractivity contribution is -0.137. The molecule has 166 valence electrons. The minimum Gasteiger partial charge on any atom is -0.481 e. The molecule has 0 aromatic rings. The molecule has 3 N–H and O–H groups in total. The molecule has 0 spiro atoms. The van der Waals surface area contributed by atoms with Crippen molar-refractivity contribution in [3.63, 3.8) is 0 Å². The molecule has 1 rings (SSSR count). The van der Waals surface area contributed by atoms with E-state index in [2.05, 4.69) is 18.3 Å². The molecule has 0 aromatic carbocycles. The average molecular weight is 438 g/mol. The zero-order chi connectivity index (χ0) is 22.9. The fourth-order valence-electron chi connectivity index (χ4n) is 3.42. The van der Waals surface area contributed by atoms with Crippen LogP contribution in [0.4, 0.5) is 0 Å². The predicted molar refractivity (Wildman–Crippen MR) is 118 cm³/mol. The Hall–Kier alpha value is -2.18. The van der Waals surface area contributed by atoms with Gasteiger partial charge in [-0.05, 0) is 69.6 Å². The SMILES string of the molecule is CC(C)=C[C@H](C)C[C@H](C)/C=C/C(=O)NC1=C[C@](O)(CCCCC(=O)O)C=C(Cl)C1=O. The summed E-state index contributed by atoms with van der Waals surface area (Å²) >= 11 is 5.96. The van der Waals surface area contributed by atoms with E-state index in [1.807, 2.05) is 20.8 Å². The van der Waals surface area contributed by atoms with Gasteiger partial charge in [0.15, 0.2) is 0 Å². The summed E-state index contributed by atoms with van der Waals surface area (Å²) in [5, 5.41) is 21.7. The lowest BCUT2D eigenvalue weighted by atomic mass is 9.89. The third-order valence-corrected chi connectivity index (χ3v) is 4.93. The molecule has 0 aromatic heterocycles. The number of carbonyl (C=O) groups is 3. The summed E-state index contributed by atoms with van der Waals surface area (Å²) in [7, 11) is 0. The number of hydrogen-bond acceptors (Lipinski definition) is 4. The number of nitrogens with one attached hydrogen (secondary N) is 1. The van der Waals surface area contributed by atoms with E-state index in [0.717, 1.165) is 6.42 Å². The van der Waals surface area contributed by atoms with Crippen molar-refractivity contribution in [2.75, 3.05) is 0 Å². The molecule has 0 aliphatic heterocycles. The highest BCUT2D eigenvalue weighted by Gasteiger charge is 2.31. The lowest BCUT2D eigenvalue weighted by Crippen LogP contribution is -2.35. The minimum absolute atomic E-state index is 0.00498. The van der Waals surface area contributed by atoms with Crippen LogP contribution < -0.4 is 5.32 Å². The van der Waals surface area contributed by atoms with E-state index >= 15 is 0 Å². The molecule has 0 heterocycles. The zero-order valence-corrected chi connectivity index (χ0v) is 18.8. The van der Waals surface area contributed by atoms with Gasteiger partial charge in [-0.2, -0.15) is 0 Å². The highest BCUT2D eigenvalue weighted by atomic mass is 35.5. The molecule has 6 nitrogen and oxygen atoms in total. The minimum atomic E-state index is -1.51. The number of carbonyl (C=O) groups excluding carboxylic acids is 2. The Morgan fingerprint density at radius 1 is 1.20 bits per heavy atom. The van der Waals surface area contributed by atoms with E-state index in [9.17, 15) is 19.5 Å². The van der Waals surface area contributed by atoms with Crippen molar-refractivity contribution < 1.29 is 24.6 Å². The first-order valence-electron chi connectivity index (χ1n) is 10.2. The van der Waals surface area contributed by atoms with Crippen LogP contribution in [0.1, 0.15) is 59.8 Å². The second-order valence-corrected chi connectivity index (χ2v) is 8.66. The second kappa shape index (κ2) is 11.9. The number of halogens is 1. The molecule has 1 aliphatic rings. The zero-order valence-electron chi connectivity index (χ0n) is 18.1. The van der Waals surface area contributed by atoms with Gasteiger partial charge in [-0.25, -0.2) is 0 Å². The van der Waals surface area contributed by atoms with Crippen molar-refractivity contribution in [3.8, 4) is 0 Å². The third kappa shape index (κ3) is 9.55. The number of carboxylic acid groups (broad SMARTS) is 1. The molecule has 0 unspecified atom stereocenters. The van der Waals surface area contributed by atoms with Gasteiger partial charge in [0, 0.05) is 6.42 Å². The van der Waals surface area contributed by atoms with Crippen LogP contribution in [-0.2, 0) is 14.4 Å². The van der Waals surface area contributed by atoms with Crippen molar-refractivity contribution >= 4 is 29.3 Å². The summed E-state index contributed by atoms with van der Waals surface area (Å²) in [6, 6.07) is 0. The van der Waals surface area contributed by atoms with Gasteiger partial charge in [0.1, 0.15) is 5.60 Å². The molecule has 0 bridgehead atoms. The highest BCUT2D eigenvalue weighted by Crippen LogP contribution is 2.28. The molecule has 1 amide bonds. The summed E-state index contributed by atoms with van der Waals surface area (Å²) in [5.74, 6) is -1.39. The van der Waals surface area contributed by atoms with Crippen molar-refractivity contribution in [3.05, 3.63) is 46.7 Å². The van der Waals surface area contributed by atoms with Crippen LogP contribution in [-0.4, -0.2) is 33.5 Å². The van der Waals surface area contributed by atoms with E-state index in [4.69, 9.17) is 16.7 Å². The summed E-state index contributed by atoms with van der Waals surface area (Å²) in [5.41, 5.74) is -0.342. The summed E-state index contributed by atoms with van der Waals surface area (Å²) in [6.45, 7) is 8.23. The van der Waals surface area contributed by atoms with Crippen LogP contribution in [0.25, 0.3) is 0 Å². The van der Waals surface area contributed by atoms with E-state index < -0.39 is 23.3 Å². The van der Waals surface area contributed by atoms with Crippen LogP contribution in [0, 0.1) is 11.8 Å². The molecule has 1 aliphatic carbocycles. The molecule has 7 heteroatoms. The summed E-state index contributed by atoms with van der Waals surface area (Å²) < 4.78 is 0. The number of rotatable bonds is 11. The largest absolute Gasteiger partial charge is 0.481 e. The molecular weight excluding hydrogens is 406 g/mol. The van der Waals surface area contributed by atoms with Crippen LogP contribution in [0.3, 0.4) is 0 Å². The smallest absolute Gasteiger partial charge is 0.303 e. The maximum Gasteiger partial charge on any atom is 0.303 e. The van der Waals surface area contributed by atoms with Crippen LogP contribution in [0.2, 0.25) is 0 Å². The molecule has 0 saturated heterocycles. The standard InChI is InChI=1S/C23H32ClNO5/c1-15(2)11-17(4)12-16(3)8-9-20(26)25-19-14-23(30,13-18(24)22(19)29)10-6-5-7-21(27)28/h8-9,11,13-14,16-17,30H,5-7,10,12H2,1-4H3,(H,25,26)(H,27,28)/b9-8+/t16-,17+,23+/m1/s1. The Morgan fingerprint density at radius 2 is 1.87 bits per heavy atom. The fraction of sp³-hybridized carbons (Fsp3) is 0.522. The Kier molecular flexibility index (Phi) is 10.2. The number of ketones is 1. The number of allylic oxidation sites excluding steroid dienone is 4. The quantitative estimate of drug-likeness (QED) is 0.254. The number of carboxylic acids is 1. The first kappa shape index (κ1) is 25.9. The number of unbranched alkanes of at least 4 members (excludes halogenated alkanes) is 1. The molecule has 3 atom stereocenters. The average Bonchev–Trinajstić information content (AvgIpc) is 2.60. The summed E-state index contributed by atoms with van der Waals surface area (Å²) in [4.78, 5) is 35.1. The first-order chi connectivity index (χ1) is 13.9.